The molecule has 1 aromatic rings. The van der Waals surface area contributed by atoms with Crippen molar-refractivity contribution in [3.05, 3.63) is 17.0 Å². The summed E-state index contributed by atoms with van der Waals surface area (Å²) in [6.07, 6.45) is -0.543. The zero-order valence-electron chi connectivity index (χ0n) is 12.1. The van der Waals surface area contributed by atoms with Crippen molar-refractivity contribution in [2.75, 3.05) is 13.1 Å². The van der Waals surface area contributed by atoms with Crippen molar-refractivity contribution in [1.82, 2.24) is 15.4 Å². The molecule has 1 aliphatic heterocycles. The fraction of sp³-hybridized carbons (Fsp3) is 0.538. The highest BCUT2D eigenvalue weighted by Crippen LogP contribution is 2.16. The van der Waals surface area contributed by atoms with Gasteiger partial charge in [0.1, 0.15) is 11.3 Å². The standard InChI is InChI=1S/C13H17N3O5/c1-4-9-10(7(2)21-15-9)12(18)20-8(3)11(17)16-6-5-14-13(16)19/h8H,4-6H2,1-3H3,(H,14,19). The van der Waals surface area contributed by atoms with E-state index in [1.54, 1.807) is 6.92 Å². The fourth-order valence-electron chi connectivity index (χ4n) is 2.09. The van der Waals surface area contributed by atoms with Crippen LogP contribution >= 0.6 is 0 Å². The van der Waals surface area contributed by atoms with Gasteiger partial charge in [0.2, 0.25) is 0 Å². The molecule has 1 fully saturated rings. The maximum absolute atomic E-state index is 12.1. The Bertz CT molecular complexity index is 580. The molecule has 1 aliphatic rings. The molecule has 0 radical (unpaired) electrons. The first-order valence-electron chi connectivity index (χ1n) is 6.71. The summed E-state index contributed by atoms with van der Waals surface area (Å²) in [5.74, 6) is -0.882. The van der Waals surface area contributed by atoms with Crippen LogP contribution in [0.1, 0.15) is 35.7 Å². The molecule has 21 heavy (non-hydrogen) atoms. The lowest BCUT2D eigenvalue weighted by Gasteiger charge is -2.18. The maximum atomic E-state index is 12.1. The average Bonchev–Trinajstić information content (AvgIpc) is 3.03. The molecule has 3 amide bonds. The van der Waals surface area contributed by atoms with Gasteiger partial charge in [0.15, 0.2) is 6.10 Å². The first-order chi connectivity index (χ1) is 9.95. The number of esters is 1. The summed E-state index contributed by atoms with van der Waals surface area (Å²) in [6, 6.07) is -0.474. The van der Waals surface area contributed by atoms with Gasteiger partial charge in [-0.3, -0.25) is 9.69 Å². The minimum absolute atomic E-state index is 0.239. The number of aryl methyl sites for hydroxylation is 2. The van der Waals surface area contributed by atoms with Gasteiger partial charge in [-0.25, -0.2) is 9.59 Å². The predicted octanol–water partition coefficient (Wildman–Crippen LogP) is 0.643. The van der Waals surface area contributed by atoms with Crippen LogP contribution in [0.4, 0.5) is 4.79 Å². The zero-order chi connectivity index (χ0) is 15.6. The number of carbonyl (C=O) groups is 3. The molecule has 0 spiro atoms. The lowest BCUT2D eigenvalue weighted by atomic mass is 10.1. The number of imide groups is 1. The third kappa shape index (κ3) is 2.88. The number of hydrogen-bond acceptors (Lipinski definition) is 6. The van der Waals surface area contributed by atoms with Crippen molar-refractivity contribution in [3.63, 3.8) is 0 Å². The van der Waals surface area contributed by atoms with Gasteiger partial charge in [0.25, 0.3) is 5.91 Å². The Morgan fingerprint density at radius 1 is 1.52 bits per heavy atom. The molecule has 8 heteroatoms. The number of urea groups is 1. The molecule has 0 aliphatic carbocycles. The summed E-state index contributed by atoms with van der Waals surface area (Å²) in [6.45, 7) is 5.53. The molecular weight excluding hydrogens is 278 g/mol. The van der Waals surface area contributed by atoms with Crippen LogP contribution in [0, 0.1) is 6.92 Å². The van der Waals surface area contributed by atoms with Gasteiger partial charge in [-0.2, -0.15) is 0 Å². The normalized spacial score (nSPS) is 15.8. The monoisotopic (exact) mass is 295 g/mol. The highest BCUT2D eigenvalue weighted by atomic mass is 16.5. The molecule has 114 valence electrons. The summed E-state index contributed by atoms with van der Waals surface area (Å²) < 4.78 is 10.1. The maximum Gasteiger partial charge on any atom is 0.344 e. The van der Waals surface area contributed by atoms with Gasteiger partial charge in [-0.15, -0.1) is 0 Å². The Balaban J connectivity index is 2.06. The van der Waals surface area contributed by atoms with Crippen molar-refractivity contribution in [1.29, 1.82) is 0 Å². The number of nitrogens with zero attached hydrogens (tertiary/aromatic N) is 2. The van der Waals surface area contributed by atoms with Crippen LogP contribution in [0.25, 0.3) is 0 Å². The Kier molecular flexibility index (Phi) is 4.25. The molecule has 2 heterocycles. The van der Waals surface area contributed by atoms with Gasteiger partial charge in [0, 0.05) is 13.1 Å². The fourth-order valence-corrected chi connectivity index (χ4v) is 2.09. The topological polar surface area (TPSA) is 102 Å². The van der Waals surface area contributed by atoms with Crippen LogP contribution in [-0.2, 0) is 16.0 Å². The molecular formula is C13H17N3O5. The molecule has 0 bridgehead atoms. The van der Waals surface area contributed by atoms with Crippen LogP contribution < -0.4 is 5.32 Å². The minimum atomic E-state index is -1.06. The van der Waals surface area contributed by atoms with Crippen molar-refractivity contribution in [2.45, 2.75) is 33.3 Å². The number of amides is 3. The molecule has 0 saturated carbocycles. The van der Waals surface area contributed by atoms with Crippen LogP contribution in [0.5, 0.6) is 0 Å². The van der Waals surface area contributed by atoms with E-state index >= 15 is 0 Å². The number of rotatable bonds is 4. The third-order valence-corrected chi connectivity index (χ3v) is 3.23. The average molecular weight is 295 g/mol. The van der Waals surface area contributed by atoms with Crippen molar-refractivity contribution in [3.8, 4) is 0 Å². The lowest BCUT2D eigenvalue weighted by molar-refractivity contribution is -0.136. The minimum Gasteiger partial charge on any atom is -0.449 e. The number of carbonyl (C=O) groups excluding carboxylic acids is 3. The second kappa shape index (κ2) is 5.94. The predicted molar refractivity (Wildman–Crippen MR) is 70.6 cm³/mol. The second-order valence-electron chi connectivity index (χ2n) is 4.68. The van der Waals surface area contributed by atoms with E-state index in [-0.39, 0.29) is 12.1 Å². The summed E-state index contributed by atoms with van der Waals surface area (Å²) in [7, 11) is 0. The Morgan fingerprint density at radius 3 is 2.81 bits per heavy atom. The van der Waals surface area contributed by atoms with Gasteiger partial charge in [-0.05, 0) is 20.3 Å². The van der Waals surface area contributed by atoms with E-state index in [4.69, 9.17) is 9.26 Å². The van der Waals surface area contributed by atoms with Crippen molar-refractivity contribution < 1.29 is 23.6 Å². The largest absolute Gasteiger partial charge is 0.449 e. The van der Waals surface area contributed by atoms with Gasteiger partial charge < -0.3 is 14.6 Å². The highest BCUT2D eigenvalue weighted by Gasteiger charge is 2.32. The van der Waals surface area contributed by atoms with E-state index < -0.39 is 24.0 Å². The van der Waals surface area contributed by atoms with E-state index in [1.165, 1.54) is 6.92 Å². The van der Waals surface area contributed by atoms with E-state index in [0.717, 1.165) is 4.90 Å². The van der Waals surface area contributed by atoms with Crippen LogP contribution in [0.3, 0.4) is 0 Å². The highest BCUT2D eigenvalue weighted by molar-refractivity contribution is 5.99. The number of ether oxygens (including phenoxy) is 1. The Hall–Kier alpha value is -2.38. The molecule has 1 N–H and O–H groups in total. The van der Waals surface area contributed by atoms with E-state index in [1.807, 2.05) is 6.92 Å². The van der Waals surface area contributed by atoms with E-state index in [9.17, 15) is 14.4 Å². The van der Waals surface area contributed by atoms with Crippen molar-refractivity contribution in [2.24, 2.45) is 0 Å². The molecule has 1 unspecified atom stereocenters. The quantitative estimate of drug-likeness (QED) is 0.818. The number of hydrogen-bond donors (Lipinski definition) is 1. The molecule has 8 nitrogen and oxygen atoms in total. The van der Waals surface area contributed by atoms with Crippen LogP contribution in [-0.4, -0.2) is 47.2 Å². The summed E-state index contributed by atoms with van der Waals surface area (Å²) in [5, 5.41) is 6.28. The molecule has 2 rings (SSSR count). The first-order valence-corrected chi connectivity index (χ1v) is 6.71. The number of aromatic nitrogens is 1. The number of nitrogens with one attached hydrogen (secondary N) is 1. The van der Waals surface area contributed by atoms with E-state index in [0.29, 0.717) is 24.4 Å². The first kappa shape index (κ1) is 15.0. The molecule has 1 saturated heterocycles. The molecule has 1 atom stereocenters. The lowest BCUT2D eigenvalue weighted by Crippen LogP contribution is -2.41. The Morgan fingerprint density at radius 2 is 2.24 bits per heavy atom. The Labute approximate surface area is 121 Å². The van der Waals surface area contributed by atoms with Crippen LogP contribution in [0.2, 0.25) is 0 Å². The SMILES string of the molecule is CCc1noc(C)c1C(=O)OC(C)C(=O)N1CCNC1=O. The van der Waals surface area contributed by atoms with Crippen molar-refractivity contribution >= 4 is 17.9 Å². The van der Waals surface area contributed by atoms with E-state index in [2.05, 4.69) is 10.5 Å². The molecule has 1 aromatic heterocycles. The van der Waals surface area contributed by atoms with Gasteiger partial charge >= 0.3 is 12.0 Å². The summed E-state index contributed by atoms with van der Waals surface area (Å²) in [5.41, 5.74) is 0.721. The summed E-state index contributed by atoms with van der Waals surface area (Å²) >= 11 is 0. The second-order valence-corrected chi connectivity index (χ2v) is 4.68. The van der Waals surface area contributed by atoms with Crippen LogP contribution in [0.15, 0.2) is 4.52 Å². The molecule has 0 aromatic carbocycles. The zero-order valence-corrected chi connectivity index (χ0v) is 12.1. The van der Waals surface area contributed by atoms with Gasteiger partial charge in [-0.1, -0.05) is 12.1 Å². The third-order valence-electron chi connectivity index (χ3n) is 3.23. The smallest absolute Gasteiger partial charge is 0.344 e. The summed E-state index contributed by atoms with van der Waals surface area (Å²) in [4.78, 5) is 36.6. The van der Waals surface area contributed by atoms with Gasteiger partial charge in [0.05, 0.1) is 5.69 Å².